The molecule has 1 saturated heterocycles. The van der Waals surface area contributed by atoms with Crippen molar-refractivity contribution in [2.24, 2.45) is 0 Å². The number of anilines is 1. The lowest BCUT2D eigenvalue weighted by Gasteiger charge is -2.32. The quantitative estimate of drug-likeness (QED) is 0.813. The Bertz CT molecular complexity index is 878. The van der Waals surface area contributed by atoms with E-state index in [1.807, 2.05) is 38.1 Å². The zero-order valence-electron chi connectivity index (χ0n) is 17.1. The summed E-state index contributed by atoms with van der Waals surface area (Å²) in [6.45, 7) is 7.55. The van der Waals surface area contributed by atoms with Crippen molar-refractivity contribution in [3.05, 3.63) is 58.7 Å². The summed E-state index contributed by atoms with van der Waals surface area (Å²) in [5.74, 6) is 0.799. The Morgan fingerprint density at radius 3 is 2.69 bits per heavy atom. The summed E-state index contributed by atoms with van der Waals surface area (Å²) in [7, 11) is 0. The van der Waals surface area contributed by atoms with Crippen LogP contribution < -0.4 is 9.64 Å². The average molecular weight is 396 g/mol. The smallest absolute Gasteiger partial charge is 0.414 e. The summed E-state index contributed by atoms with van der Waals surface area (Å²) in [6.07, 6.45) is 0.0221. The zero-order valence-corrected chi connectivity index (χ0v) is 17.1. The monoisotopic (exact) mass is 396 g/mol. The molecule has 2 aromatic rings. The maximum atomic E-state index is 11.9. The second-order valence-electron chi connectivity index (χ2n) is 7.95. The minimum absolute atomic E-state index is 0.264. The standard InChI is InChI=1S/C23H28N2O4/c1-16-10-17(2)12-20(11-16)29-15-19(26)14-24-7-6-21-18(13-24)4-3-5-22(21)25-8-9-28-23(25)27/h3-5,10-12,19,26H,6-9,13-15H2,1-2H3. The molecule has 29 heavy (non-hydrogen) atoms. The number of carbonyl (C=O) groups is 1. The largest absolute Gasteiger partial charge is 0.491 e. The van der Waals surface area contributed by atoms with Gasteiger partial charge < -0.3 is 14.6 Å². The SMILES string of the molecule is Cc1cc(C)cc(OCC(O)CN2CCc3c(cccc3N3CCOC3=O)C2)c1. The van der Waals surface area contributed by atoms with Gasteiger partial charge in [0.05, 0.1) is 12.2 Å². The Kier molecular flexibility index (Phi) is 5.74. The Morgan fingerprint density at radius 1 is 1.17 bits per heavy atom. The summed E-state index contributed by atoms with van der Waals surface area (Å²) in [5, 5.41) is 10.5. The van der Waals surface area contributed by atoms with Crippen LogP contribution in [0.1, 0.15) is 22.3 Å². The van der Waals surface area contributed by atoms with Crippen molar-refractivity contribution in [3.8, 4) is 5.75 Å². The van der Waals surface area contributed by atoms with E-state index in [-0.39, 0.29) is 12.7 Å². The predicted molar refractivity (Wildman–Crippen MR) is 112 cm³/mol. The van der Waals surface area contributed by atoms with E-state index in [9.17, 15) is 9.90 Å². The number of amides is 1. The van der Waals surface area contributed by atoms with Gasteiger partial charge in [-0.15, -0.1) is 0 Å². The fourth-order valence-electron chi connectivity index (χ4n) is 4.23. The minimum Gasteiger partial charge on any atom is -0.491 e. The fraction of sp³-hybridized carbons (Fsp3) is 0.435. The van der Waals surface area contributed by atoms with Crippen LogP contribution in [-0.2, 0) is 17.7 Å². The van der Waals surface area contributed by atoms with Gasteiger partial charge in [0.25, 0.3) is 0 Å². The van der Waals surface area contributed by atoms with E-state index in [1.54, 1.807) is 4.90 Å². The lowest BCUT2D eigenvalue weighted by molar-refractivity contribution is 0.0638. The average Bonchev–Trinajstić information content (AvgIpc) is 3.11. The van der Waals surface area contributed by atoms with E-state index in [0.717, 1.165) is 42.1 Å². The van der Waals surface area contributed by atoms with Crippen LogP contribution in [-0.4, -0.2) is 55.1 Å². The predicted octanol–water partition coefficient (Wildman–Crippen LogP) is 3.06. The normalized spacial score (nSPS) is 17.8. The number of hydrogen-bond donors (Lipinski definition) is 1. The lowest BCUT2D eigenvalue weighted by Crippen LogP contribution is -2.39. The van der Waals surface area contributed by atoms with Gasteiger partial charge in [0.15, 0.2) is 0 Å². The number of fused-ring (bicyclic) bond motifs is 1. The maximum absolute atomic E-state index is 11.9. The Morgan fingerprint density at radius 2 is 1.97 bits per heavy atom. The third-order valence-electron chi connectivity index (χ3n) is 5.48. The summed E-state index contributed by atoms with van der Waals surface area (Å²) < 4.78 is 10.9. The Hall–Kier alpha value is -2.57. The van der Waals surface area contributed by atoms with Crippen LogP contribution in [0.4, 0.5) is 10.5 Å². The molecule has 154 valence electrons. The fourth-order valence-corrected chi connectivity index (χ4v) is 4.23. The number of benzene rings is 2. The molecule has 0 aromatic heterocycles. The summed E-state index contributed by atoms with van der Waals surface area (Å²) >= 11 is 0. The second-order valence-corrected chi connectivity index (χ2v) is 7.95. The first-order valence-electron chi connectivity index (χ1n) is 10.2. The van der Waals surface area contributed by atoms with Crippen molar-refractivity contribution in [3.63, 3.8) is 0 Å². The van der Waals surface area contributed by atoms with E-state index in [4.69, 9.17) is 9.47 Å². The molecule has 1 atom stereocenters. The van der Waals surface area contributed by atoms with Crippen molar-refractivity contribution in [1.29, 1.82) is 0 Å². The van der Waals surface area contributed by atoms with Gasteiger partial charge in [-0.05, 0) is 60.7 Å². The van der Waals surface area contributed by atoms with Crippen LogP contribution in [0, 0.1) is 13.8 Å². The number of aryl methyl sites for hydroxylation is 2. The molecule has 6 heteroatoms. The third-order valence-corrected chi connectivity index (χ3v) is 5.48. The molecule has 0 radical (unpaired) electrons. The molecule has 1 unspecified atom stereocenters. The Labute approximate surface area is 171 Å². The number of β-amino-alcohol motifs (C(OH)–C–C–N with tert-alkyl or cyclic N) is 1. The van der Waals surface area contributed by atoms with Crippen molar-refractivity contribution in [2.45, 2.75) is 32.9 Å². The highest BCUT2D eigenvalue weighted by Crippen LogP contribution is 2.30. The van der Waals surface area contributed by atoms with Crippen LogP contribution >= 0.6 is 0 Å². The van der Waals surface area contributed by atoms with Gasteiger partial charge in [-0.2, -0.15) is 0 Å². The molecular formula is C23H28N2O4. The molecule has 4 rings (SSSR count). The molecule has 0 saturated carbocycles. The summed E-state index contributed by atoms with van der Waals surface area (Å²) in [6, 6.07) is 12.2. The van der Waals surface area contributed by atoms with Gasteiger partial charge in [0.1, 0.15) is 25.1 Å². The van der Waals surface area contributed by atoms with Crippen LogP contribution in [0.3, 0.4) is 0 Å². The molecule has 2 heterocycles. The molecule has 0 bridgehead atoms. The first kappa shape index (κ1) is 19.7. The number of aliphatic hydroxyl groups excluding tert-OH is 1. The van der Waals surface area contributed by atoms with Crippen molar-refractivity contribution < 1.29 is 19.4 Å². The number of hydrogen-bond acceptors (Lipinski definition) is 5. The van der Waals surface area contributed by atoms with Crippen molar-refractivity contribution in [1.82, 2.24) is 4.90 Å². The molecule has 2 aliphatic heterocycles. The molecule has 1 fully saturated rings. The zero-order chi connectivity index (χ0) is 20.4. The highest BCUT2D eigenvalue weighted by molar-refractivity contribution is 5.90. The molecule has 6 nitrogen and oxygen atoms in total. The maximum Gasteiger partial charge on any atom is 0.414 e. The van der Waals surface area contributed by atoms with Gasteiger partial charge >= 0.3 is 6.09 Å². The van der Waals surface area contributed by atoms with Gasteiger partial charge in [-0.25, -0.2) is 4.79 Å². The first-order chi connectivity index (χ1) is 14.0. The number of ether oxygens (including phenoxy) is 2. The van der Waals surface area contributed by atoms with Gasteiger partial charge in [-0.3, -0.25) is 9.80 Å². The van der Waals surface area contributed by atoms with Crippen molar-refractivity contribution in [2.75, 3.05) is 37.7 Å². The summed E-state index contributed by atoms with van der Waals surface area (Å²) in [4.78, 5) is 15.9. The van der Waals surface area contributed by atoms with E-state index in [1.165, 1.54) is 11.1 Å². The number of aliphatic hydroxyl groups is 1. The lowest BCUT2D eigenvalue weighted by atomic mass is 9.97. The number of cyclic esters (lactones) is 1. The van der Waals surface area contributed by atoms with E-state index >= 15 is 0 Å². The number of rotatable bonds is 6. The highest BCUT2D eigenvalue weighted by atomic mass is 16.6. The van der Waals surface area contributed by atoms with E-state index in [2.05, 4.69) is 17.0 Å². The van der Waals surface area contributed by atoms with Gasteiger partial charge in [0.2, 0.25) is 0 Å². The minimum atomic E-state index is -0.561. The first-order valence-corrected chi connectivity index (χ1v) is 10.2. The molecule has 1 amide bonds. The molecule has 2 aliphatic rings. The summed E-state index contributed by atoms with van der Waals surface area (Å²) in [5.41, 5.74) is 5.68. The molecule has 0 spiro atoms. The van der Waals surface area contributed by atoms with Gasteiger partial charge in [0, 0.05) is 19.6 Å². The molecular weight excluding hydrogens is 368 g/mol. The van der Waals surface area contributed by atoms with Crippen LogP contribution in [0.2, 0.25) is 0 Å². The molecule has 2 aromatic carbocycles. The van der Waals surface area contributed by atoms with Crippen LogP contribution in [0.5, 0.6) is 5.75 Å². The van der Waals surface area contributed by atoms with E-state index in [0.29, 0.717) is 19.7 Å². The Balaban J connectivity index is 1.36. The third kappa shape index (κ3) is 4.54. The number of carbonyl (C=O) groups excluding carboxylic acids is 1. The van der Waals surface area contributed by atoms with Crippen molar-refractivity contribution >= 4 is 11.8 Å². The number of nitrogens with zero attached hydrogens (tertiary/aromatic N) is 2. The van der Waals surface area contributed by atoms with Crippen LogP contribution in [0.15, 0.2) is 36.4 Å². The van der Waals surface area contributed by atoms with Gasteiger partial charge in [-0.1, -0.05) is 18.2 Å². The highest BCUT2D eigenvalue weighted by Gasteiger charge is 2.28. The van der Waals surface area contributed by atoms with E-state index < -0.39 is 6.10 Å². The molecule has 0 aliphatic carbocycles. The topological polar surface area (TPSA) is 62.2 Å². The molecule has 1 N–H and O–H groups in total. The second kappa shape index (κ2) is 8.43. The van der Waals surface area contributed by atoms with Crippen LogP contribution in [0.25, 0.3) is 0 Å².